The number of rotatable bonds is 5. The van der Waals surface area contributed by atoms with Gasteiger partial charge in [0.15, 0.2) is 0 Å². The molecule has 2 unspecified atom stereocenters. The zero-order valence-electron chi connectivity index (χ0n) is 11.9. The van der Waals surface area contributed by atoms with Crippen LogP contribution in [0.4, 0.5) is 0 Å². The van der Waals surface area contributed by atoms with Gasteiger partial charge in [-0.3, -0.25) is 4.90 Å². The van der Waals surface area contributed by atoms with E-state index in [0.29, 0.717) is 0 Å². The van der Waals surface area contributed by atoms with E-state index in [2.05, 4.69) is 13.8 Å². The summed E-state index contributed by atoms with van der Waals surface area (Å²) < 4.78 is 0. The SMILES string of the molecule is CCC(C)N(C)C(C)(C(=O)O)c1ccccc1C. The fourth-order valence-corrected chi connectivity index (χ4v) is 2.29. The first-order valence-corrected chi connectivity index (χ1v) is 6.38. The summed E-state index contributed by atoms with van der Waals surface area (Å²) in [6, 6.07) is 7.91. The van der Waals surface area contributed by atoms with Gasteiger partial charge >= 0.3 is 5.97 Å². The highest BCUT2D eigenvalue weighted by molar-refractivity contribution is 5.80. The van der Waals surface area contributed by atoms with Crippen molar-refractivity contribution in [3.05, 3.63) is 35.4 Å². The smallest absolute Gasteiger partial charge is 0.328 e. The first-order valence-electron chi connectivity index (χ1n) is 6.38. The highest BCUT2D eigenvalue weighted by Gasteiger charge is 2.41. The molecule has 100 valence electrons. The van der Waals surface area contributed by atoms with Crippen molar-refractivity contribution in [2.45, 2.75) is 45.7 Å². The van der Waals surface area contributed by atoms with Crippen LogP contribution in [0, 0.1) is 6.92 Å². The number of carboxylic acid groups (broad SMARTS) is 1. The van der Waals surface area contributed by atoms with Crippen LogP contribution in [0.3, 0.4) is 0 Å². The molecule has 3 nitrogen and oxygen atoms in total. The van der Waals surface area contributed by atoms with E-state index in [1.54, 1.807) is 6.92 Å². The van der Waals surface area contributed by atoms with Crippen LogP contribution in [0.15, 0.2) is 24.3 Å². The fraction of sp³-hybridized carbons (Fsp3) is 0.533. The molecule has 0 aliphatic rings. The average molecular weight is 249 g/mol. The Kier molecular flexibility index (Phi) is 4.52. The third-order valence-corrected chi connectivity index (χ3v) is 4.04. The summed E-state index contributed by atoms with van der Waals surface area (Å²) in [7, 11) is 1.88. The van der Waals surface area contributed by atoms with E-state index in [1.807, 2.05) is 43.1 Å². The monoisotopic (exact) mass is 249 g/mol. The summed E-state index contributed by atoms with van der Waals surface area (Å²) in [4.78, 5) is 13.7. The molecule has 1 N–H and O–H groups in total. The lowest BCUT2D eigenvalue weighted by molar-refractivity contribution is -0.152. The lowest BCUT2D eigenvalue weighted by Crippen LogP contribution is -2.51. The van der Waals surface area contributed by atoms with Crippen LogP contribution in [-0.4, -0.2) is 29.1 Å². The molecule has 0 spiro atoms. The van der Waals surface area contributed by atoms with Gasteiger partial charge in [-0.1, -0.05) is 31.2 Å². The van der Waals surface area contributed by atoms with Gasteiger partial charge in [0.05, 0.1) is 0 Å². The van der Waals surface area contributed by atoms with Gasteiger partial charge in [0.1, 0.15) is 5.54 Å². The molecule has 0 saturated carbocycles. The van der Waals surface area contributed by atoms with Crippen LogP contribution in [0.2, 0.25) is 0 Å². The van der Waals surface area contributed by atoms with E-state index in [1.165, 1.54) is 0 Å². The zero-order chi connectivity index (χ0) is 13.9. The van der Waals surface area contributed by atoms with Crippen molar-refractivity contribution in [1.82, 2.24) is 4.90 Å². The molecular formula is C15H23NO2. The summed E-state index contributed by atoms with van der Waals surface area (Å²) in [5.74, 6) is -0.806. The van der Waals surface area contributed by atoms with Crippen molar-refractivity contribution in [1.29, 1.82) is 0 Å². The Morgan fingerprint density at radius 2 is 2.00 bits per heavy atom. The molecule has 0 aromatic heterocycles. The van der Waals surface area contributed by atoms with Gasteiger partial charge in [0.25, 0.3) is 0 Å². The summed E-state index contributed by atoms with van der Waals surface area (Å²) in [5, 5.41) is 9.68. The van der Waals surface area contributed by atoms with Crippen molar-refractivity contribution >= 4 is 5.97 Å². The molecule has 18 heavy (non-hydrogen) atoms. The number of benzene rings is 1. The minimum atomic E-state index is -0.985. The summed E-state index contributed by atoms with van der Waals surface area (Å²) in [5.41, 5.74) is 0.888. The molecule has 1 aromatic rings. The summed E-state index contributed by atoms with van der Waals surface area (Å²) >= 11 is 0. The Labute approximate surface area is 109 Å². The number of aliphatic carboxylic acids is 1. The van der Waals surface area contributed by atoms with Crippen LogP contribution in [0.1, 0.15) is 38.3 Å². The van der Waals surface area contributed by atoms with Crippen molar-refractivity contribution in [3.8, 4) is 0 Å². The van der Waals surface area contributed by atoms with Gasteiger partial charge in [0, 0.05) is 6.04 Å². The molecule has 0 fully saturated rings. The van der Waals surface area contributed by atoms with Crippen molar-refractivity contribution in [3.63, 3.8) is 0 Å². The standard InChI is InChI=1S/C15H23NO2/c1-6-12(3)16(5)15(4,14(17)18)13-10-8-7-9-11(13)2/h7-10,12H,6H2,1-5H3,(H,17,18). The molecule has 0 aliphatic carbocycles. The number of likely N-dealkylation sites (N-methyl/N-ethyl adjacent to an activating group) is 1. The quantitative estimate of drug-likeness (QED) is 0.872. The minimum absolute atomic E-state index is 0.214. The molecule has 2 atom stereocenters. The molecule has 0 saturated heterocycles. The number of hydrogen-bond donors (Lipinski definition) is 1. The summed E-state index contributed by atoms with van der Waals surface area (Å²) in [6.07, 6.45) is 0.922. The van der Waals surface area contributed by atoms with Gasteiger partial charge < -0.3 is 5.11 Å². The number of carboxylic acids is 1. The van der Waals surface area contributed by atoms with Crippen LogP contribution in [0.5, 0.6) is 0 Å². The van der Waals surface area contributed by atoms with Crippen LogP contribution >= 0.6 is 0 Å². The van der Waals surface area contributed by atoms with Crippen LogP contribution < -0.4 is 0 Å². The predicted molar refractivity (Wildman–Crippen MR) is 73.7 cm³/mol. The Morgan fingerprint density at radius 1 is 1.44 bits per heavy atom. The maximum absolute atomic E-state index is 11.8. The molecule has 1 rings (SSSR count). The molecule has 0 bridgehead atoms. The zero-order valence-corrected chi connectivity index (χ0v) is 11.9. The first kappa shape index (κ1) is 14.7. The van der Waals surface area contributed by atoms with Gasteiger partial charge in [-0.05, 0) is 45.4 Å². The second-order valence-corrected chi connectivity index (χ2v) is 5.06. The third-order valence-electron chi connectivity index (χ3n) is 4.04. The first-order chi connectivity index (χ1) is 8.35. The molecule has 0 radical (unpaired) electrons. The van der Waals surface area contributed by atoms with E-state index in [-0.39, 0.29) is 6.04 Å². The van der Waals surface area contributed by atoms with Crippen molar-refractivity contribution in [2.75, 3.05) is 7.05 Å². The van der Waals surface area contributed by atoms with E-state index < -0.39 is 11.5 Å². The molecular weight excluding hydrogens is 226 g/mol. The van der Waals surface area contributed by atoms with Gasteiger partial charge in [-0.15, -0.1) is 0 Å². The van der Waals surface area contributed by atoms with E-state index >= 15 is 0 Å². The van der Waals surface area contributed by atoms with Gasteiger partial charge in [-0.2, -0.15) is 0 Å². The second-order valence-electron chi connectivity index (χ2n) is 5.06. The Balaban J connectivity index is 3.33. The van der Waals surface area contributed by atoms with E-state index in [0.717, 1.165) is 17.5 Å². The highest BCUT2D eigenvalue weighted by Crippen LogP contribution is 2.32. The molecule has 1 aromatic carbocycles. The number of carbonyl (C=O) groups is 1. The van der Waals surface area contributed by atoms with Crippen molar-refractivity contribution in [2.24, 2.45) is 0 Å². The van der Waals surface area contributed by atoms with E-state index in [9.17, 15) is 9.90 Å². The lowest BCUT2D eigenvalue weighted by atomic mass is 9.86. The third kappa shape index (κ3) is 2.41. The Bertz CT molecular complexity index is 430. The van der Waals surface area contributed by atoms with Crippen molar-refractivity contribution < 1.29 is 9.90 Å². The molecule has 3 heteroatoms. The second kappa shape index (κ2) is 5.53. The van der Waals surface area contributed by atoms with E-state index in [4.69, 9.17) is 0 Å². The molecule has 0 aliphatic heterocycles. The topological polar surface area (TPSA) is 40.5 Å². The van der Waals surface area contributed by atoms with Gasteiger partial charge in [0.2, 0.25) is 0 Å². The average Bonchev–Trinajstić information content (AvgIpc) is 2.36. The fourth-order valence-electron chi connectivity index (χ4n) is 2.29. The highest BCUT2D eigenvalue weighted by atomic mass is 16.4. The minimum Gasteiger partial charge on any atom is -0.480 e. The number of hydrogen-bond acceptors (Lipinski definition) is 2. The predicted octanol–water partition coefficient (Wildman–Crippen LogP) is 3.03. The van der Waals surface area contributed by atoms with Crippen LogP contribution in [0.25, 0.3) is 0 Å². The lowest BCUT2D eigenvalue weighted by Gasteiger charge is -2.40. The maximum Gasteiger partial charge on any atom is 0.328 e. The normalized spacial score (nSPS) is 16.3. The summed E-state index contributed by atoms with van der Waals surface area (Å²) in [6.45, 7) is 7.87. The maximum atomic E-state index is 11.8. The van der Waals surface area contributed by atoms with Crippen LogP contribution in [-0.2, 0) is 10.3 Å². The van der Waals surface area contributed by atoms with Gasteiger partial charge in [-0.25, -0.2) is 4.79 Å². The number of aryl methyl sites for hydroxylation is 1. The molecule has 0 heterocycles. The molecule has 0 amide bonds. The Morgan fingerprint density at radius 3 is 2.44 bits per heavy atom. The Hall–Kier alpha value is -1.35. The number of nitrogens with zero attached hydrogens (tertiary/aromatic N) is 1. The largest absolute Gasteiger partial charge is 0.480 e.